The molecule has 1 aliphatic heterocycles. The maximum Gasteiger partial charge on any atom is 0.225 e. The molecule has 1 aromatic rings. The molecular weight excluding hydrogens is 202 g/mol. The van der Waals surface area contributed by atoms with Gasteiger partial charge in [-0.2, -0.15) is 5.10 Å². The van der Waals surface area contributed by atoms with Crippen molar-refractivity contribution in [3.8, 4) is 0 Å². The number of aromatic amines is 1. The van der Waals surface area contributed by atoms with E-state index in [9.17, 15) is 4.79 Å². The van der Waals surface area contributed by atoms with Crippen LogP contribution in [0.1, 0.15) is 18.5 Å². The molecule has 1 amide bonds. The first-order valence-corrected chi connectivity index (χ1v) is 5.48. The smallest absolute Gasteiger partial charge is 0.225 e. The van der Waals surface area contributed by atoms with E-state index in [2.05, 4.69) is 22.3 Å². The molecule has 1 saturated heterocycles. The highest BCUT2D eigenvalue weighted by Gasteiger charge is 2.44. The van der Waals surface area contributed by atoms with E-state index in [4.69, 9.17) is 0 Å². The lowest BCUT2D eigenvalue weighted by Crippen LogP contribution is -2.56. The van der Waals surface area contributed by atoms with Gasteiger partial charge in [-0.25, -0.2) is 0 Å². The molecule has 1 N–H and O–H groups in total. The Hall–Kier alpha value is -1.84. The highest BCUT2D eigenvalue weighted by molar-refractivity contribution is 5.83. The quantitative estimate of drug-likeness (QED) is 0.757. The van der Waals surface area contributed by atoms with Crippen LogP contribution in [0.4, 0.5) is 0 Å². The third-order valence-corrected chi connectivity index (χ3v) is 3.35. The van der Waals surface area contributed by atoms with Gasteiger partial charge in [0.05, 0.1) is 5.69 Å². The lowest BCUT2D eigenvalue weighted by molar-refractivity contribution is -0.147. The van der Waals surface area contributed by atoms with Crippen LogP contribution >= 0.6 is 0 Å². The van der Waals surface area contributed by atoms with Crippen LogP contribution < -0.4 is 0 Å². The Morgan fingerprint density at radius 2 is 2.38 bits per heavy atom. The number of allylic oxidation sites excluding steroid dienone is 2. The lowest BCUT2D eigenvalue weighted by Gasteiger charge is -2.46. The summed E-state index contributed by atoms with van der Waals surface area (Å²) in [5.41, 5.74) is 0.654. The number of hydrogen-bond acceptors (Lipinski definition) is 2. The molecule has 0 saturated carbocycles. The fourth-order valence-corrected chi connectivity index (χ4v) is 2.39. The summed E-state index contributed by atoms with van der Waals surface area (Å²) in [4.78, 5) is 13.6. The topological polar surface area (TPSA) is 49.0 Å². The predicted molar refractivity (Wildman–Crippen MR) is 59.5 cm³/mol. The molecular formula is C12H13N3O. The standard InChI is InChI=1S/C12H13N3O/c16-11-5-9-15(11)12(6-2-1-3-7-12)10-4-8-13-14-10/h1-4,6,8H,5,7,9H2,(H,13,14). The zero-order valence-corrected chi connectivity index (χ0v) is 8.89. The summed E-state index contributed by atoms with van der Waals surface area (Å²) in [6.45, 7) is 0.829. The Labute approximate surface area is 93.6 Å². The second kappa shape index (κ2) is 3.33. The number of H-pyrrole nitrogens is 1. The molecule has 1 unspecified atom stereocenters. The maximum absolute atomic E-state index is 11.7. The first kappa shape index (κ1) is 9.39. The van der Waals surface area contributed by atoms with Gasteiger partial charge < -0.3 is 4.90 Å². The summed E-state index contributed by atoms with van der Waals surface area (Å²) in [6.07, 6.45) is 11.4. The highest BCUT2D eigenvalue weighted by atomic mass is 16.2. The normalized spacial score (nSPS) is 28.2. The van der Waals surface area contributed by atoms with Gasteiger partial charge in [0.1, 0.15) is 5.54 Å². The van der Waals surface area contributed by atoms with E-state index in [1.165, 1.54) is 0 Å². The second-order valence-corrected chi connectivity index (χ2v) is 4.18. The van der Waals surface area contributed by atoms with Crippen LogP contribution in [0.3, 0.4) is 0 Å². The zero-order chi connectivity index (χ0) is 11.0. The molecule has 1 aliphatic carbocycles. The van der Waals surface area contributed by atoms with Crippen LogP contribution in [0.2, 0.25) is 0 Å². The molecule has 4 nitrogen and oxygen atoms in total. The minimum Gasteiger partial charge on any atom is -0.327 e. The Morgan fingerprint density at radius 3 is 2.88 bits per heavy atom. The van der Waals surface area contributed by atoms with E-state index in [0.29, 0.717) is 6.42 Å². The van der Waals surface area contributed by atoms with Gasteiger partial charge >= 0.3 is 0 Å². The molecule has 16 heavy (non-hydrogen) atoms. The Kier molecular flexibility index (Phi) is 1.96. The molecule has 0 spiro atoms. The largest absolute Gasteiger partial charge is 0.327 e. The number of nitrogens with zero attached hydrogens (tertiary/aromatic N) is 2. The summed E-state index contributed by atoms with van der Waals surface area (Å²) < 4.78 is 0. The van der Waals surface area contributed by atoms with Crippen molar-refractivity contribution in [3.63, 3.8) is 0 Å². The number of aromatic nitrogens is 2. The van der Waals surface area contributed by atoms with Gasteiger partial charge in [-0.15, -0.1) is 0 Å². The van der Waals surface area contributed by atoms with Gasteiger partial charge in [0, 0.05) is 19.2 Å². The molecule has 2 aliphatic rings. The summed E-state index contributed by atoms with van der Waals surface area (Å²) in [5, 5.41) is 6.98. The van der Waals surface area contributed by atoms with Gasteiger partial charge in [-0.3, -0.25) is 9.89 Å². The zero-order valence-electron chi connectivity index (χ0n) is 8.89. The summed E-state index contributed by atoms with van der Waals surface area (Å²) in [5.74, 6) is 0.217. The number of amides is 1. The Morgan fingerprint density at radius 1 is 1.44 bits per heavy atom. The first-order valence-electron chi connectivity index (χ1n) is 5.48. The van der Waals surface area contributed by atoms with Gasteiger partial charge in [-0.05, 0) is 12.5 Å². The molecule has 2 heterocycles. The van der Waals surface area contributed by atoms with Crippen LogP contribution in [0.25, 0.3) is 0 Å². The summed E-state index contributed by atoms with van der Waals surface area (Å²) in [7, 11) is 0. The third-order valence-electron chi connectivity index (χ3n) is 3.35. The first-order chi connectivity index (χ1) is 7.83. The van der Waals surface area contributed by atoms with E-state index < -0.39 is 0 Å². The van der Waals surface area contributed by atoms with E-state index >= 15 is 0 Å². The van der Waals surface area contributed by atoms with E-state index in [-0.39, 0.29) is 11.4 Å². The SMILES string of the molecule is O=C1CCN1C1(c2ccn[nH]2)C=CC=CC1. The molecule has 1 fully saturated rings. The van der Waals surface area contributed by atoms with Crippen LogP contribution in [0, 0.1) is 0 Å². The van der Waals surface area contributed by atoms with E-state index in [0.717, 1.165) is 18.7 Å². The number of carbonyl (C=O) groups is 1. The van der Waals surface area contributed by atoms with Crippen molar-refractivity contribution in [2.24, 2.45) is 0 Å². The molecule has 1 aromatic heterocycles. The van der Waals surface area contributed by atoms with Crippen molar-refractivity contribution < 1.29 is 4.79 Å². The number of β-lactam (4-membered cyclic amide) rings is 1. The molecule has 3 rings (SSSR count). The van der Waals surface area contributed by atoms with Crippen molar-refractivity contribution >= 4 is 5.91 Å². The molecule has 4 heteroatoms. The Bertz CT molecular complexity index is 461. The third kappa shape index (κ3) is 1.16. The van der Waals surface area contributed by atoms with Crippen molar-refractivity contribution in [3.05, 3.63) is 42.3 Å². The summed E-state index contributed by atoms with van der Waals surface area (Å²) >= 11 is 0. The van der Waals surface area contributed by atoms with Crippen molar-refractivity contribution in [1.29, 1.82) is 0 Å². The molecule has 0 aromatic carbocycles. The molecule has 82 valence electrons. The van der Waals surface area contributed by atoms with Crippen LogP contribution in [0.5, 0.6) is 0 Å². The lowest BCUT2D eigenvalue weighted by atomic mass is 9.83. The fourth-order valence-electron chi connectivity index (χ4n) is 2.39. The highest BCUT2D eigenvalue weighted by Crippen LogP contribution is 2.38. The summed E-state index contributed by atoms with van der Waals surface area (Å²) in [6, 6.07) is 1.94. The Balaban J connectivity index is 2.04. The van der Waals surface area contributed by atoms with Gasteiger partial charge in [0.25, 0.3) is 0 Å². The van der Waals surface area contributed by atoms with Crippen LogP contribution in [-0.4, -0.2) is 27.5 Å². The van der Waals surface area contributed by atoms with E-state index in [1.807, 2.05) is 23.1 Å². The van der Waals surface area contributed by atoms with Gasteiger partial charge in [0.2, 0.25) is 5.91 Å². The molecule has 1 atom stereocenters. The minimum atomic E-state index is -0.333. The molecule has 0 radical (unpaired) electrons. The van der Waals surface area contributed by atoms with Crippen molar-refractivity contribution in [2.45, 2.75) is 18.4 Å². The number of carbonyl (C=O) groups excluding carboxylic acids is 1. The van der Waals surface area contributed by atoms with Crippen molar-refractivity contribution in [1.82, 2.24) is 15.1 Å². The fraction of sp³-hybridized carbons (Fsp3) is 0.333. The predicted octanol–water partition coefficient (Wildman–Crippen LogP) is 1.35. The average Bonchev–Trinajstić information content (AvgIpc) is 2.82. The average molecular weight is 215 g/mol. The number of hydrogen-bond donors (Lipinski definition) is 1. The van der Waals surface area contributed by atoms with Crippen LogP contribution in [-0.2, 0) is 10.3 Å². The monoisotopic (exact) mass is 215 g/mol. The molecule has 0 bridgehead atoms. The number of rotatable bonds is 2. The van der Waals surface area contributed by atoms with Crippen LogP contribution in [0.15, 0.2) is 36.6 Å². The number of likely N-dealkylation sites (tertiary alicyclic amines) is 1. The van der Waals surface area contributed by atoms with E-state index in [1.54, 1.807) is 6.20 Å². The minimum absolute atomic E-state index is 0.217. The van der Waals surface area contributed by atoms with Gasteiger partial charge in [0.15, 0.2) is 0 Å². The van der Waals surface area contributed by atoms with Gasteiger partial charge in [-0.1, -0.05) is 24.3 Å². The second-order valence-electron chi connectivity index (χ2n) is 4.18. The number of nitrogens with one attached hydrogen (secondary N) is 1. The maximum atomic E-state index is 11.7. The van der Waals surface area contributed by atoms with Crippen molar-refractivity contribution in [2.75, 3.05) is 6.54 Å².